The summed E-state index contributed by atoms with van der Waals surface area (Å²) < 4.78 is 18.9. The topological polar surface area (TPSA) is 87.6 Å². The number of rotatable bonds is 4. The molecular weight excluding hydrogens is 143 g/mol. The lowest BCUT2D eigenvalue weighted by molar-refractivity contribution is 0.211. The standard InChI is InChI=1S/C3H11N2O3P/c1-2-3-9(6,7-4)8-5/h2-5H2,1H3. The highest BCUT2D eigenvalue weighted by atomic mass is 31.2. The summed E-state index contributed by atoms with van der Waals surface area (Å²) in [5.41, 5.74) is 0. The van der Waals surface area contributed by atoms with E-state index in [0.717, 1.165) is 0 Å². The van der Waals surface area contributed by atoms with Gasteiger partial charge in [-0.1, -0.05) is 6.92 Å². The minimum Gasteiger partial charge on any atom is -0.257 e. The van der Waals surface area contributed by atoms with E-state index in [1.54, 1.807) is 0 Å². The average Bonchev–Trinajstić information content (AvgIpc) is 1.89. The lowest BCUT2D eigenvalue weighted by Crippen LogP contribution is -2.07. The Bertz CT molecular complexity index is 110. The van der Waals surface area contributed by atoms with Crippen molar-refractivity contribution in [2.45, 2.75) is 13.3 Å². The maximum Gasteiger partial charge on any atom is 0.362 e. The lowest BCUT2D eigenvalue weighted by Gasteiger charge is -2.08. The summed E-state index contributed by atoms with van der Waals surface area (Å²) in [6, 6.07) is 0. The highest BCUT2D eigenvalue weighted by Gasteiger charge is 2.20. The van der Waals surface area contributed by atoms with Crippen molar-refractivity contribution in [2.75, 3.05) is 6.16 Å². The molecule has 0 aromatic rings. The molecule has 9 heavy (non-hydrogen) atoms. The monoisotopic (exact) mass is 154 g/mol. The summed E-state index contributed by atoms with van der Waals surface area (Å²) in [6.07, 6.45) is 0.908. The van der Waals surface area contributed by atoms with Crippen LogP contribution >= 0.6 is 7.60 Å². The first-order valence-electron chi connectivity index (χ1n) is 2.54. The molecule has 0 aliphatic carbocycles. The predicted octanol–water partition coefficient (Wildman–Crippen LogP) is 0.370. The number of hydrogen-bond acceptors (Lipinski definition) is 5. The van der Waals surface area contributed by atoms with Gasteiger partial charge in [0.25, 0.3) is 0 Å². The molecule has 0 unspecified atom stereocenters. The Morgan fingerprint density at radius 1 is 1.44 bits per heavy atom. The van der Waals surface area contributed by atoms with Crippen molar-refractivity contribution < 1.29 is 13.8 Å². The molecule has 6 heteroatoms. The van der Waals surface area contributed by atoms with E-state index in [0.29, 0.717) is 6.42 Å². The van der Waals surface area contributed by atoms with Gasteiger partial charge in [0.15, 0.2) is 0 Å². The fourth-order valence-electron chi connectivity index (χ4n) is 0.404. The minimum absolute atomic E-state index is 0.250. The van der Waals surface area contributed by atoms with Crippen LogP contribution in [0.2, 0.25) is 0 Å². The molecule has 0 aromatic carbocycles. The van der Waals surface area contributed by atoms with Crippen molar-refractivity contribution in [3.8, 4) is 0 Å². The van der Waals surface area contributed by atoms with Crippen LogP contribution in [0.5, 0.6) is 0 Å². The molecule has 0 heterocycles. The first-order chi connectivity index (χ1) is 4.18. The van der Waals surface area contributed by atoms with Gasteiger partial charge in [0, 0.05) is 0 Å². The Hall–Kier alpha value is 0.0700. The highest BCUT2D eigenvalue weighted by molar-refractivity contribution is 7.53. The quantitative estimate of drug-likeness (QED) is 0.451. The Morgan fingerprint density at radius 3 is 2.00 bits per heavy atom. The zero-order chi connectivity index (χ0) is 7.33. The molecule has 5 nitrogen and oxygen atoms in total. The van der Waals surface area contributed by atoms with E-state index < -0.39 is 7.60 Å². The molecule has 0 bridgehead atoms. The molecule has 0 amide bonds. The van der Waals surface area contributed by atoms with Crippen LogP contribution < -0.4 is 11.8 Å². The lowest BCUT2D eigenvalue weighted by atomic mass is 10.6. The van der Waals surface area contributed by atoms with Crippen molar-refractivity contribution in [1.82, 2.24) is 0 Å². The maximum atomic E-state index is 10.9. The van der Waals surface area contributed by atoms with Crippen molar-refractivity contribution in [3.05, 3.63) is 0 Å². The molecule has 0 rings (SSSR count). The summed E-state index contributed by atoms with van der Waals surface area (Å²) >= 11 is 0. The smallest absolute Gasteiger partial charge is 0.257 e. The van der Waals surface area contributed by atoms with Gasteiger partial charge in [-0.25, -0.2) is 21.0 Å². The first-order valence-corrected chi connectivity index (χ1v) is 4.27. The van der Waals surface area contributed by atoms with Crippen LogP contribution in [-0.4, -0.2) is 6.16 Å². The van der Waals surface area contributed by atoms with Gasteiger partial charge in [-0.15, -0.1) is 0 Å². The average molecular weight is 154 g/mol. The Balaban J connectivity index is 3.78. The van der Waals surface area contributed by atoms with E-state index in [9.17, 15) is 4.57 Å². The van der Waals surface area contributed by atoms with E-state index in [-0.39, 0.29) is 6.16 Å². The Morgan fingerprint density at radius 2 is 1.89 bits per heavy atom. The van der Waals surface area contributed by atoms with E-state index in [1.807, 2.05) is 6.92 Å². The second-order valence-electron chi connectivity index (χ2n) is 1.55. The molecular formula is C3H11N2O3P. The molecule has 0 spiro atoms. The molecule has 0 atom stereocenters. The van der Waals surface area contributed by atoms with Gasteiger partial charge < -0.3 is 0 Å². The molecule has 0 fully saturated rings. The molecule has 56 valence electrons. The Labute approximate surface area is 53.7 Å². The summed E-state index contributed by atoms with van der Waals surface area (Å²) in [4.78, 5) is 0. The second kappa shape index (κ2) is 3.98. The summed E-state index contributed by atoms with van der Waals surface area (Å²) in [5, 5.41) is 0. The first kappa shape index (κ1) is 9.07. The third-order valence-corrected chi connectivity index (χ3v) is 2.46. The van der Waals surface area contributed by atoms with Gasteiger partial charge in [-0.05, 0) is 6.42 Å². The fraction of sp³-hybridized carbons (Fsp3) is 1.00. The van der Waals surface area contributed by atoms with Gasteiger partial charge >= 0.3 is 7.60 Å². The van der Waals surface area contributed by atoms with Crippen LogP contribution in [0.3, 0.4) is 0 Å². The van der Waals surface area contributed by atoms with Crippen molar-refractivity contribution >= 4 is 7.60 Å². The van der Waals surface area contributed by atoms with E-state index in [1.165, 1.54) is 0 Å². The van der Waals surface area contributed by atoms with Crippen molar-refractivity contribution in [2.24, 2.45) is 11.8 Å². The van der Waals surface area contributed by atoms with Crippen LogP contribution in [0, 0.1) is 0 Å². The zero-order valence-corrected chi connectivity index (χ0v) is 6.14. The largest absolute Gasteiger partial charge is 0.362 e. The summed E-state index contributed by atoms with van der Waals surface area (Å²) in [6.45, 7) is 1.82. The third kappa shape index (κ3) is 2.93. The van der Waals surface area contributed by atoms with Crippen LogP contribution in [-0.2, 0) is 13.8 Å². The van der Waals surface area contributed by atoms with E-state index in [2.05, 4.69) is 21.0 Å². The summed E-state index contributed by atoms with van der Waals surface area (Å²) in [7, 11) is -3.13. The highest BCUT2D eigenvalue weighted by Crippen LogP contribution is 2.44. The van der Waals surface area contributed by atoms with E-state index in [4.69, 9.17) is 0 Å². The number of hydrogen-bond donors (Lipinski definition) is 2. The van der Waals surface area contributed by atoms with Gasteiger partial charge in [0.2, 0.25) is 0 Å². The molecule has 0 radical (unpaired) electrons. The van der Waals surface area contributed by atoms with Crippen LogP contribution in [0.4, 0.5) is 0 Å². The molecule has 0 aliphatic heterocycles. The molecule has 0 aliphatic rings. The molecule has 4 N–H and O–H groups in total. The maximum absolute atomic E-state index is 10.9. The minimum atomic E-state index is -3.13. The van der Waals surface area contributed by atoms with Gasteiger partial charge in [0.05, 0.1) is 6.16 Å². The fourth-order valence-corrected chi connectivity index (χ4v) is 1.21. The zero-order valence-electron chi connectivity index (χ0n) is 5.24. The Kier molecular flexibility index (Phi) is 4.01. The molecule has 0 saturated heterocycles. The van der Waals surface area contributed by atoms with Crippen molar-refractivity contribution in [1.29, 1.82) is 0 Å². The van der Waals surface area contributed by atoms with Crippen LogP contribution in [0.1, 0.15) is 13.3 Å². The van der Waals surface area contributed by atoms with Crippen LogP contribution in [0.25, 0.3) is 0 Å². The SMILES string of the molecule is CCCP(=O)(ON)ON. The number of nitrogens with two attached hydrogens (primary N) is 2. The third-order valence-electron chi connectivity index (χ3n) is 0.819. The normalized spacial score (nSPS) is 11.9. The van der Waals surface area contributed by atoms with Gasteiger partial charge in [-0.2, -0.15) is 0 Å². The van der Waals surface area contributed by atoms with Gasteiger partial charge in [0.1, 0.15) is 0 Å². The predicted molar refractivity (Wildman–Crippen MR) is 33.3 cm³/mol. The van der Waals surface area contributed by atoms with E-state index >= 15 is 0 Å². The van der Waals surface area contributed by atoms with Crippen molar-refractivity contribution in [3.63, 3.8) is 0 Å². The molecule has 0 aromatic heterocycles. The second-order valence-corrected chi connectivity index (χ2v) is 3.64. The van der Waals surface area contributed by atoms with Crippen LogP contribution in [0.15, 0.2) is 0 Å². The van der Waals surface area contributed by atoms with Gasteiger partial charge in [-0.3, -0.25) is 4.57 Å². The molecule has 0 saturated carbocycles. The summed E-state index contributed by atoms with van der Waals surface area (Å²) in [5.74, 6) is 9.27.